The van der Waals surface area contributed by atoms with Crippen LogP contribution in [0.5, 0.6) is 0 Å². The number of aromatic nitrogens is 4. The number of hydrogen-bond acceptors (Lipinski definition) is 4. The van der Waals surface area contributed by atoms with Crippen molar-refractivity contribution < 1.29 is 4.42 Å². The van der Waals surface area contributed by atoms with Crippen molar-refractivity contribution in [1.82, 2.24) is 18.9 Å². The third-order valence-corrected chi connectivity index (χ3v) is 12.1. The molecular formula is C53H29N5O. The normalized spacial score (nSPS) is 12.1. The maximum atomic E-state index is 10.6. The van der Waals surface area contributed by atoms with Gasteiger partial charge in [0.1, 0.15) is 22.8 Å². The number of nitrogens with zero attached hydrogens (tertiary/aromatic N) is 5. The van der Waals surface area contributed by atoms with Gasteiger partial charge < -0.3 is 13.4 Å². The molecule has 0 spiro atoms. The predicted octanol–water partition coefficient (Wildman–Crippen LogP) is 13.5. The summed E-state index contributed by atoms with van der Waals surface area (Å²) in [6, 6.07) is 63.4. The van der Waals surface area contributed by atoms with Gasteiger partial charge in [0, 0.05) is 48.8 Å². The molecule has 0 amide bonds. The third-order valence-electron chi connectivity index (χ3n) is 12.1. The van der Waals surface area contributed by atoms with Gasteiger partial charge in [-0.15, -0.1) is 0 Å². The van der Waals surface area contributed by atoms with Crippen molar-refractivity contribution in [1.29, 1.82) is 5.26 Å². The van der Waals surface area contributed by atoms with Crippen molar-refractivity contribution in [3.05, 3.63) is 181 Å². The summed E-state index contributed by atoms with van der Waals surface area (Å²) < 4.78 is 11.8. The quantitative estimate of drug-likeness (QED) is 0.179. The number of hydrogen-bond donors (Lipinski definition) is 0. The minimum Gasteiger partial charge on any atom is -0.455 e. The molecule has 0 atom stereocenters. The van der Waals surface area contributed by atoms with Crippen LogP contribution in [0.4, 0.5) is 0 Å². The van der Waals surface area contributed by atoms with Gasteiger partial charge >= 0.3 is 0 Å². The summed E-state index contributed by atoms with van der Waals surface area (Å²) in [4.78, 5) is 10.4. The number of fused-ring (bicyclic) bond motifs is 13. The molecule has 6 heteroatoms. The summed E-state index contributed by atoms with van der Waals surface area (Å²) >= 11 is 0. The van der Waals surface area contributed by atoms with Crippen LogP contribution in [0.3, 0.4) is 0 Å². The van der Waals surface area contributed by atoms with Crippen LogP contribution in [-0.4, -0.2) is 18.9 Å². The highest BCUT2D eigenvalue weighted by molar-refractivity contribution is 6.34. The van der Waals surface area contributed by atoms with Crippen LogP contribution in [0, 0.1) is 11.3 Å². The van der Waals surface area contributed by atoms with Crippen molar-refractivity contribution in [2.75, 3.05) is 0 Å². The first kappa shape index (κ1) is 31.9. The van der Waals surface area contributed by atoms with Gasteiger partial charge in [0.25, 0.3) is 0 Å². The van der Waals surface area contributed by atoms with Crippen molar-refractivity contribution in [3.63, 3.8) is 0 Å². The van der Waals surface area contributed by atoms with Crippen LogP contribution in [0.1, 0.15) is 5.56 Å². The molecule has 8 aromatic carbocycles. The van der Waals surface area contributed by atoms with E-state index in [-0.39, 0.29) is 0 Å². The maximum Gasteiger partial charge on any atom is 0.164 e. The Kier molecular flexibility index (Phi) is 6.42. The lowest BCUT2D eigenvalue weighted by Gasteiger charge is -2.14. The fraction of sp³-hybridized carbons (Fsp3) is 0. The molecule has 0 saturated heterocycles. The molecule has 0 fully saturated rings. The molecule has 5 heterocycles. The van der Waals surface area contributed by atoms with E-state index >= 15 is 0 Å². The number of para-hydroxylation sites is 4. The smallest absolute Gasteiger partial charge is 0.164 e. The summed E-state index contributed by atoms with van der Waals surface area (Å²) in [7, 11) is 0. The Morgan fingerprint density at radius 2 is 1.02 bits per heavy atom. The molecule has 59 heavy (non-hydrogen) atoms. The van der Waals surface area contributed by atoms with Crippen LogP contribution < -0.4 is 0 Å². The van der Waals surface area contributed by atoms with Crippen LogP contribution >= 0.6 is 0 Å². The average molecular weight is 752 g/mol. The Balaban J connectivity index is 1.18. The van der Waals surface area contributed by atoms with E-state index in [1.54, 1.807) is 0 Å². The third kappa shape index (κ3) is 4.28. The van der Waals surface area contributed by atoms with E-state index in [0.717, 1.165) is 49.8 Å². The SMILES string of the molecule is N#Cc1c(-c2ccccc2)nc(-c2ccc(-n3c4ccccc4c4cc5c6ccccc6n6c7ccccc7c(c43)c56)c3c2oc2ccccc23)nc1-c1ccccc1. The zero-order valence-corrected chi connectivity index (χ0v) is 31.4. The Hall–Kier alpha value is -8.27. The molecule has 0 aliphatic heterocycles. The molecule has 0 N–H and O–H groups in total. The van der Waals surface area contributed by atoms with Gasteiger partial charge in [-0.1, -0.05) is 133 Å². The molecular weight excluding hydrogens is 723 g/mol. The fourth-order valence-corrected chi connectivity index (χ4v) is 9.68. The van der Waals surface area contributed by atoms with Gasteiger partial charge in [-0.25, -0.2) is 9.97 Å². The Bertz CT molecular complexity index is 3840. The molecule has 13 rings (SSSR count). The summed E-state index contributed by atoms with van der Waals surface area (Å²) in [5.74, 6) is 0.485. The summed E-state index contributed by atoms with van der Waals surface area (Å²) in [6.07, 6.45) is 0. The highest BCUT2D eigenvalue weighted by Gasteiger charge is 2.27. The van der Waals surface area contributed by atoms with E-state index in [1.165, 1.54) is 48.9 Å². The second-order valence-electron chi connectivity index (χ2n) is 15.2. The zero-order valence-electron chi connectivity index (χ0n) is 31.4. The molecule has 13 aromatic rings. The Morgan fingerprint density at radius 1 is 0.475 bits per heavy atom. The lowest BCUT2D eigenvalue weighted by atomic mass is 9.99. The Morgan fingerprint density at radius 3 is 1.69 bits per heavy atom. The first-order valence-electron chi connectivity index (χ1n) is 19.7. The van der Waals surface area contributed by atoms with E-state index in [0.29, 0.717) is 28.4 Å². The van der Waals surface area contributed by atoms with Gasteiger partial charge in [0.15, 0.2) is 5.82 Å². The molecule has 0 aliphatic carbocycles. The van der Waals surface area contributed by atoms with Crippen LogP contribution in [0.15, 0.2) is 180 Å². The highest BCUT2D eigenvalue weighted by atomic mass is 16.3. The largest absolute Gasteiger partial charge is 0.455 e. The molecule has 6 nitrogen and oxygen atoms in total. The Labute approximate surface area is 336 Å². The highest BCUT2D eigenvalue weighted by Crippen LogP contribution is 2.48. The predicted molar refractivity (Wildman–Crippen MR) is 239 cm³/mol. The number of furan rings is 1. The van der Waals surface area contributed by atoms with Gasteiger partial charge in [-0.2, -0.15) is 5.26 Å². The van der Waals surface area contributed by atoms with Gasteiger partial charge in [0.05, 0.1) is 55.6 Å². The van der Waals surface area contributed by atoms with Gasteiger partial charge in [-0.3, -0.25) is 0 Å². The van der Waals surface area contributed by atoms with E-state index in [9.17, 15) is 5.26 Å². The summed E-state index contributed by atoms with van der Waals surface area (Å²) in [6.45, 7) is 0. The zero-order chi connectivity index (χ0) is 38.8. The van der Waals surface area contributed by atoms with Crippen molar-refractivity contribution in [3.8, 4) is 45.7 Å². The average Bonchev–Trinajstić information content (AvgIpc) is 4.05. The molecule has 0 saturated carbocycles. The molecule has 0 aliphatic rings. The van der Waals surface area contributed by atoms with E-state index in [1.807, 2.05) is 72.8 Å². The maximum absolute atomic E-state index is 10.6. The second-order valence-corrected chi connectivity index (χ2v) is 15.2. The standard InChI is InChI=1S/C53H29N5O/c54-30-40-48(31-15-3-1-4-16-31)55-53(56-49(40)32-17-5-2-6-18-32)37-27-28-44(46-36-22-10-14-26-45(36)59-52(37)46)58-42-24-12-8-20-34(42)39-29-38-33-19-7-11-23-41(33)57-43-25-13-9-21-35(43)47(50(38)57)51(39)58/h1-29H. The van der Waals surface area contributed by atoms with E-state index < -0.39 is 0 Å². The number of rotatable bonds is 4. The summed E-state index contributed by atoms with van der Waals surface area (Å²) in [5.41, 5.74) is 12.4. The number of nitriles is 1. The van der Waals surface area contributed by atoms with E-state index in [2.05, 4.69) is 118 Å². The minimum absolute atomic E-state index is 0.427. The number of benzene rings is 8. The molecule has 5 aromatic heterocycles. The lowest BCUT2D eigenvalue weighted by molar-refractivity contribution is 0.669. The van der Waals surface area contributed by atoms with Crippen LogP contribution in [0.25, 0.3) is 121 Å². The van der Waals surface area contributed by atoms with Gasteiger partial charge in [0.2, 0.25) is 0 Å². The fourth-order valence-electron chi connectivity index (χ4n) is 9.68. The topological polar surface area (TPSA) is 72.0 Å². The molecule has 0 bridgehead atoms. The minimum atomic E-state index is 0.427. The van der Waals surface area contributed by atoms with Crippen LogP contribution in [0.2, 0.25) is 0 Å². The van der Waals surface area contributed by atoms with Crippen molar-refractivity contribution >= 4 is 81.8 Å². The molecule has 272 valence electrons. The monoisotopic (exact) mass is 751 g/mol. The van der Waals surface area contributed by atoms with E-state index in [4.69, 9.17) is 14.4 Å². The first-order chi connectivity index (χ1) is 29.3. The summed E-state index contributed by atoms with van der Waals surface area (Å²) in [5, 5.41) is 19.9. The lowest BCUT2D eigenvalue weighted by Crippen LogP contribution is -2.02. The van der Waals surface area contributed by atoms with Crippen LogP contribution in [-0.2, 0) is 0 Å². The molecule has 0 radical (unpaired) electrons. The van der Waals surface area contributed by atoms with Gasteiger partial charge in [-0.05, 0) is 42.5 Å². The first-order valence-corrected chi connectivity index (χ1v) is 19.7. The molecule has 0 unspecified atom stereocenters. The van der Waals surface area contributed by atoms with Crippen molar-refractivity contribution in [2.24, 2.45) is 0 Å². The van der Waals surface area contributed by atoms with Crippen molar-refractivity contribution in [2.45, 2.75) is 0 Å². The second kappa shape index (κ2) is 11.9.